The van der Waals surface area contributed by atoms with Crippen LogP contribution in [0.1, 0.15) is 162 Å². The largest absolute Gasteiger partial charge is 1.00 e. The summed E-state index contributed by atoms with van der Waals surface area (Å²) in [5.74, 6) is 0. The molecule has 0 unspecified atom stereocenters. The van der Waals surface area contributed by atoms with E-state index in [0.29, 0.717) is 43.7 Å². The molecule has 0 amide bonds. The standard InChI is InChI=1S/2C11H21F5S.C10H18BrF5S.3C10H8.CH4O3S.Na.O3S/c2*1-2-3-4-5-6-7-8-9-10-11-17(12,13,14,15)16;11-9-7-5-3-1-2-4-6-8-10-17(12,13,14,15)16;3*1-2-6-10-8-4-3-7-9(10)5-1;1-5(2,3)4;;1-4(2)3/h2*10-11H,2-9H2,1H3;8,10H,1-7,9H2;3*1-8H;1H3,(H,2,3,4);;/q;;;;;;;+1;/p-1/b2*11-10+;10-8+;;;;;;. The average Bonchev–Trinajstić information content (AvgIpc) is 0.800. The van der Waals surface area contributed by atoms with Gasteiger partial charge in [0, 0.05) is 11.6 Å². The van der Waals surface area contributed by atoms with Gasteiger partial charge in [0.2, 0.25) is 0 Å². The predicted molar refractivity (Wildman–Crippen MR) is 355 cm³/mol. The van der Waals surface area contributed by atoms with Gasteiger partial charge in [-0.1, -0.05) is 355 Å². The monoisotopic (exact) mass is 1490 g/mol. The van der Waals surface area contributed by atoms with E-state index in [1.165, 1.54) is 45.2 Å². The van der Waals surface area contributed by atoms with Crippen molar-refractivity contribution in [2.45, 2.75) is 162 Å². The number of benzene rings is 6. The summed E-state index contributed by atoms with van der Waals surface area (Å²) in [6, 6.07) is 50.1. The van der Waals surface area contributed by atoms with Crippen molar-refractivity contribution in [1.29, 1.82) is 0 Å². The molecular weight excluding hydrogens is 1400 g/mol. The third kappa shape index (κ3) is 72.0. The molecule has 0 spiro atoms. The third-order valence-electron chi connectivity index (χ3n) is 11.7. The maximum atomic E-state index is 11.8. The molecule has 0 saturated carbocycles. The van der Waals surface area contributed by atoms with E-state index < -0.39 is 67.6 Å². The van der Waals surface area contributed by atoms with Crippen LogP contribution in [0.25, 0.3) is 32.3 Å². The Labute approximate surface area is 561 Å². The summed E-state index contributed by atoms with van der Waals surface area (Å²) in [4.78, 5) is 0. The molecule has 0 bridgehead atoms. The Morgan fingerprint density at radius 1 is 0.352 bits per heavy atom. The first kappa shape index (κ1) is 91.5. The summed E-state index contributed by atoms with van der Waals surface area (Å²) in [7, 11) is -35.0. The topological polar surface area (TPSA) is 108 Å². The fraction of sp³-hybridized carbons (Fsp3) is 0.429. The molecule has 0 aliphatic rings. The molecule has 0 atom stereocenters. The minimum atomic E-state index is -9.32. The van der Waals surface area contributed by atoms with Crippen LogP contribution in [-0.4, -0.2) is 37.2 Å². The number of hydrogen-bond donors (Lipinski definition) is 0. The van der Waals surface area contributed by atoms with Gasteiger partial charge >= 0.3 is 70.8 Å². The molecule has 518 valence electrons. The molecule has 91 heavy (non-hydrogen) atoms. The van der Waals surface area contributed by atoms with E-state index in [9.17, 15) is 58.3 Å². The average molecular weight is 1490 g/mol. The van der Waals surface area contributed by atoms with Crippen molar-refractivity contribution in [3.05, 3.63) is 180 Å². The summed E-state index contributed by atoms with van der Waals surface area (Å²) in [6.07, 6.45) is 21.6. The molecule has 0 aliphatic carbocycles. The molecular formula is C63H87BrF15NaO6S5. The smallest absolute Gasteiger partial charge is 0.748 e. The molecule has 0 N–H and O–H groups in total. The van der Waals surface area contributed by atoms with E-state index in [2.05, 4.69) is 175 Å². The Balaban J connectivity index is -0.00000100. The van der Waals surface area contributed by atoms with E-state index in [4.69, 9.17) is 25.6 Å². The quantitative estimate of drug-likeness (QED) is 0.0167. The first-order valence-electron chi connectivity index (χ1n) is 29.1. The molecule has 0 fully saturated rings. The second kappa shape index (κ2) is 42.0. The van der Waals surface area contributed by atoms with E-state index >= 15 is 0 Å². The van der Waals surface area contributed by atoms with Crippen molar-refractivity contribution in [1.82, 2.24) is 0 Å². The van der Waals surface area contributed by atoms with Gasteiger partial charge in [-0.25, -0.2) is 8.42 Å². The number of alkyl halides is 1. The van der Waals surface area contributed by atoms with Crippen molar-refractivity contribution in [3.8, 4) is 0 Å². The number of halogens is 16. The van der Waals surface area contributed by atoms with Gasteiger partial charge in [0.15, 0.2) is 0 Å². The minimum Gasteiger partial charge on any atom is -0.748 e. The molecule has 6 aromatic rings. The summed E-state index contributed by atoms with van der Waals surface area (Å²) in [6.45, 7) is 4.20. The number of unbranched alkanes of at least 4 members (excludes halogenated alkanes) is 20. The van der Waals surface area contributed by atoms with Gasteiger partial charge in [0.05, 0.1) is 26.3 Å². The number of fused-ring (bicyclic) bond motifs is 3. The van der Waals surface area contributed by atoms with Gasteiger partial charge < -0.3 is 4.55 Å². The number of rotatable bonds is 27. The Hall–Kier alpha value is -3.67. The van der Waals surface area contributed by atoms with Crippen LogP contribution >= 0.6 is 46.6 Å². The fourth-order valence-electron chi connectivity index (χ4n) is 7.65. The van der Waals surface area contributed by atoms with Crippen molar-refractivity contribution in [2.24, 2.45) is 0 Å². The summed E-state index contributed by atoms with van der Waals surface area (Å²) >= 11 is 3.30. The molecule has 6 nitrogen and oxygen atoms in total. The molecule has 28 heteroatoms. The zero-order valence-corrected chi connectivity index (χ0v) is 59.5. The third-order valence-corrected chi connectivity index (χ3v) is 14.4. The Morgan fingerprint density at radius 3 is 0.637 bits per heavy atom. The zero-order chi connectivity index (χ0) is 68.9. The SMILES string of the molecule is CCCCCCCCC/C=C/S(F)(F)(F)(F)F.CCCCCCCCC/C=C/S(F)(F)(F)(F)F.CS(=O)(=O)[O-].FS(F)(F)(F)(F)/C=C/CCCCCCCCBr.O=S(=O)=O.[Na+].c1ccc2ccccc2c1.c1ccc2ccccc2c1.c1ccc2ccccc2c1. The molecule has 0 aliphatic heterocycles. The minimum absolute atomic E-state index is 0. The van der Waals surface area contributed by atoms with Crippen LogP contribution in [0.3, 0.4) is 0 Å². The van der Waals surface area contributed by atoms with Crippen LogP contribution < -0.4 is 29.6 Å². The van der Waals surface area contributed by atoms with Crippen LogP contribution in [0.2, 0.25) is 0 Å². The summed E-state index contributed by atoms with van der Waals surface area (Å²) in [5, 5.41) is 6.30. The molecule has 0 heterocycles. The second-order valence-corrected chi connectivity index (χ2v) is 30.2. The Kier molecular flexibility index (Phi) is 42.2. The van der Waals surface area contributed by atoms with Crippen molar-refractivity contribution in [3.63, 3.8) is 0 Å². The molecule has 6 rings (SSSR count). The second-order valence-electron chi connectivity index (χ2n) is 20.6. The van der Waals surface area contributed by atoms with Crippen LogP contribution in [0, 0.1) is 0 Å². The van der Waals surface area contributed by atoms with Crippen LogP contribution in [0.4, 0.5) is 58.3 Å². The molecule has 6 aromatic carbocycles. The Morgan fingerprint density at radius 2 is 0.495 bits per heavy atom. The summed E-state index contributed by atoms with van der Waals surface area (Å²) < 4.78 is 230. The van der Waals surface area contributed by atoms with E-state index in [1.807, 2.05) is 0 Å². The summed E-state index contributed by atoms with van der Waals surface area (Å²) in [5.41, 5.74) is 0. The van der Waals surface area contributed by atoms with Gasteiger partial charge in [0.25, 0.3) is 0 Å². The first-order chi connectivity index (χ1) is 41.2. The van der Waals surface area contributed by atoms with E-state index in [-0.39, 0.29) is 48.8 Å². The van der Waals surface area contributed by atoms with Crippen LogP contribution in [-0.2, 0) is 20.7 Å². The van der Waals surface area contributed by atoms with Crippen LogP contribution in [0.5, 0.6) is 0 Å². The van der Waals surface area contributed by atoms with Gasteiger partial charge in [-0.2, -0.15) is 0 Å². The van der Waals surface area contributed by atoms with Crippen molar-refractivity contribution < 1.29 is 113 Å². The van der Waals surface area contributed by atoms with E-state index in [0.717, 1.165) is 102 Å². The zero-order valence-electron chi connectivity index (χ0n) is 51.8. The number of allylic oxidation sites excluding steroid dienone is 3. The molecule has 0 radical (unpaired) electrons. The predicted octanol–water partition coefficient (Wildman–Crippen LogP) is 24.5. The van der Waals surface area contributed by atoms with Crippen molar-refractivity contribution >= 4 is 99.6 Å². The van der Waals surface area contributed by atoms with Crippen molar-refractivity contribution in [2.75, 3.05) is 11.6 Å². The molecule has 0 aromatic heterocycles. The van der Waals surface area contributed by atoms with Gasteiger partial charge in [-0.05, 0) is 77.3 Å². The van der Waals surface area contributed by atoms with Crippen LogP contribution in [0.15, 0.2) is 180 Å². The first-order valence-corrected chi connectivity index (χ1v) is 39.0. The fourth-order valence-corrected chi connectivity index (χ4v) is 9.55. The maximum Gasteiger partial charge on any atom is 1.00 e. The van der Waals surface area contributed by atoms with Gasteiger partial charge in [0.1, 0.15) is 0 Å². The van der Waals surface area contributed by atoms with E-state index in [1.54, 1.807) is 0 Å². The maximum absolute atomic E-state index is 11.8. The normalized spacial score (nSPS) is 13.8. The Bertz CT molecular complexity index is 2750. The van der Waals surface area contributed by atoms with Gasteiger partial charge in [-0.3, -0.25) is 0 Å². The number of hydrogen-bond acceptors (Lipinski definition) is 6. The molecule has 0 saturated heterocycles. The van der Waals surface area contributed by atoms with Gasteiger partial charge in [-0.15, -0.1) is 12.6 Å².